The smallest absolute Gasteiger partial charge is 0.216 e. The van der Waals surface area contributed by atoms with E-state index in [-0.39, 0.29) is 11.6 Å². The van der Waals surface area contributed by atoms with E-state index >= 15 is 0 Å². The molecule has 0 bridgehead atoms. The van der Waals surface area contributed by atoms with Gasteiger partial charge in [0.15, 0.2) is 0 Å². The SMILES string of the molecule is NS(=O)(=O)Cc1ncn[nH]1. The summed E-state index contributed by atoms with van der Waals surface area (Å²) in [5, 5.41) is 10.5. The van der Waals surface area contributed by atoms with Gasteiger partial charge < -0.3 is 0 Å². The van der Waals surface area contributed by atoms with Gasteiger partial charge in [-0.3, -0.25) is 5.10 Å². The van der Waals surface area contributed by atoms with Gasteiger partial charge in [-0.05, 0) is 0 Å². The van der Waals surface area contributed by atoms with E-state index in [0.717, 1.165) is 0 Å². The summed E-state index contributed by atoms with van der Waals surface area (Å²) >= 11 is 0. The highest BCUT2D eigenvalue weighted by Crippen LogP contribution is 1.90. The molecule has 0 saturated heterocycles. The fraction of sp³-hybridized carbons (Fsp3) is 0.333. The van der Waals surface area contributed by atoms with Crippen LogP contribution in [0.15, 0.2) is 6.33 Å². The molecule has 0 radical (unpaired) electrons. The number of aromatic nitrogens is 3. The molecule has 56 valence electrons. The predicted octanol–water partition coefficient (Wildman–Crippen LogP) is -1.41. The number of aromatic amines is 1. The lowest BCUT2D eigenvalue weighted by molar-refractivity contribution is 0.595. The monoisotopic (exact) mass is 162 g/mol. The maximum absolute atomic E-state index is 10.4. The summed E-state index contributed by atoms with van der Waals surface area (Å²) in [6, 6.07) is 0. The van der Waals surface area contributed by atoms with Crippen molar-refractivity contribution in [2.24, 2.45) is 5.14 Å². The first-order valence-corrected chi connectivity index (χ1v) is 4.14. The Morgan fingerprint density at radius 3 is 2.80 bits per heavy atom. The summed E-state index contributed by atoms with van der Waals surface area (Å²) in [5.74, 6) is -0.0463. The Kier molecular flexibility index (Phi) is 1.68. The summed E-state index contributed by atoms with van der Waals surface area (Å²) in [7, 11) is -3.48. The molecule has 0 saturated carbocycles. The van der Waals surface area contributed by atoms with Crippen molar-refractivity contribution in [3.8, 4) is 0 Å². The second kappa shape index (κ2) is 2.35. The van der Waals surface area contributed by atoms with Crippen LogP contribution in [0.25, 0.3) is 0 Å². The van der Waals surface area contributed by atoms with Crippen molar-refractivity contribution in [1.82, 2.24) is 15.2 Å². The van der Waals surface area contributed by atoms with Crippen LogP contribution in [0.5, 0.6) is 0 Å². The molecule has 1 rings (SSSR count). The molecule has 0 atom stereocenters. The van der Waals surface area contributed by atoms with E-state index < -0.39 is 10.0 Å². The summed E-state index contributed by atoms with van der Waals surface area (Å²) in [5.41, 5.74) is 0. The van der Waals surface area contributed by atoms with Crippen LogP contribution in [0.2, 0.25) is 0 Å². The molecule has 7 heteroatoms. The lowest BCUT2D eigenvalue weighted by Crippen LogP contribution is -2.15. The van der Waals surface area contributed by atoms with Crippen molar-refractivity contribution in [3.05, 3.63) is 12.2 Å². The number of hydrogen-bond acceptors (Lipinski definition) is 4. The summed E-state index contributed by atoms with van der Waals surface area (Å²) in [6.07, 6.45) is 1.22. The highest BCUT2D eigenvalue weighted by atomic mass is 32.2. The average molecular weight is 162 g/mol. The molecule has 0 fully saturated rings. The quantitative estimate of drug-likeness (QED) is 0.557. The minimum absolute atomic E-state index is 0.252. The number of hydrogen-bond donors (Lipinski definition) is 2. The van der Waals surface area contributed by atoms with Crippen molar-refractivity contribution in [2.75, 3.05) is 0 Å². The zero-order valence-corrected chi connectivity index (χ0v) is 5.80. The summed E-state index contributed by atoms with van der Waals surface area (Å²) in [6.45, 7) is 0. The maximum atomic E-state index is 10.4. The number of nitrogens with zero attached hydrogens (tertiary/aromatic N) is 2. The van der Waals surface area contributed by atoms with Crippen LogP contribution >= 0.6 is 0 Å². The van der Waals surface area contributed by atoms with Gasteiger partial charge in [0.1, 0.15) is 17.9 Å². The molecule has 0 aliphatic heterocycles. The second-order valence-corrected chi connectivity index (χ2v) is 3.35. The molecule has 1 aromatic heterocycles. The molecule has 0 aromatic carbocycles. The largest absolute Gasteiger partial charge is 0.262 e. The van der Waals surface area contributed by atoms with E-state index in [1.54, 1.807) is 0 Å². The Morgan fingerprint density at radius 2 is 2.40 bits per heavy atom. The van der Waals surface area contributed by atoms with Crippen molar-refractivity contribution < 1.29 is 8.42 Å². The van der Waals surface area contributed by atoms with Crippen LogP contribution in [0.4, 0.5) is 0 Å². The van der Waals surface area contributed by atoms with Crippen LogP contribution in [0.3, 0.4) is 0 Å². The normalized spacial score (nSPS) is 11.7. The highest BCUT2D eigenvalue weighted by molar-refractivity contribution is 7.88. The lowest BCUT2D eigenvalue weighted by atomic mass is 10.7. The summed E-state index contributed by atoms with van der Waals surface area (Å²) < 4.78 is 20.8. The van der Waals surface area contributed by atoms with E-state index in [1.165, 1.54) is 6.33 Å². The lowest BCUT2D eigenvalue weighted by Gasteiger charge is -1.89. The van der Waals surface area contributed by atoms with Gasteiger partial charge in [0, 0.05) is 0 Å². The van der Waals surface area contributed by atoms with Gasteiger partial charge in [0.2, 0.25) is 10.0 Å². The fourth-order valence-corrected chi connectivity index (χ4v) is 1.01. The highest BCUT2D eigenvalue weighted by Gasteiger charge is 2.05. The molecule has 1 aromatic rings. The third-order valence-electron chi connectivity index (χ3n) is 0.803. The van der Waals surface area contributed by atoms with Crippen LogP contribution in [0.1, 0.15) is 5.82 Å². The zero-order chi connectivity index (χ0) is 7.61. The number of nitrogens with one attached hydrogen (secondary N) is 1. The third kappa shape index (κ3) is 2.11. The number of H-pyrrole nitrogens is 1. The summed E-state index contributed by atoms with van der Waals surface area (Å²) in [4.78, 5) is 3.58. The van der Waals surface area contributed by atoms with Gasteiger partial charge in [0.25, 0.3) is 0 Å². The Morgan fingerprint density at radius 1 is 1.70 bits per heavy atom. The predicted molar refractivity (Wildman–Crippen MR) is 33.2 cm³/mol. The van der Waals surface area contributed by atoms with E-state index in [1.807, 2.05) is 0 Å². The van der Waals surface area contributed by atoms with Gasteiger partial charge in [-0.1, -0.05) is 0 Å². The molecule has 1 heterocycles. The Hall–Kier alpha value is -0.950. The van der Waals surface area contributed by atoms with E-state index in [0.29, 0.717) is 0 Å². The van der Waals surface area contributed by atoms with Crippen molar-refractivity contribution in [1.29, 1.82) is 0 Å². The zero-order valence-electron chi connectivity index (χ0n) is 4.98. The van der Waals surface area contributed by atoms with Crippen LogP contribution in [-0.2, 0) is 15.8 Å². The molecule has 0 aliphatic rings. The molecule has 0 unspecified atom stereocenters. The number of rotatable bonds is 2. The minimum atomic E-state index is -3.48. The third-order valence-corrected chi connectivity index (χ3v) is 1.48. The molecule has 0 spiro atoms. The van der Waals surface area contributed by atoms with Crippen molar-refractivity contribution >= 4 is 10.0 Å². The second-order valence-electron chi connectivity index (χ2n) is 1.74. The standard InChI is InChI=1S/C3H6N4O2S/c4-10(8,9)1-3-5-2-6-7-3/h2H,1H2,(H2,4,8,9)(H,5,6,7). The molecule has 6 nitrogen and oxygen atoms in total. The van der Waals surface area contributed by atoms with Crippen LogP contribution in [0, 0.1) is 0 Å². The minimum Gasteiger partial charge on any atom is -0.262 e. The Balaban J connectivity index is 2.75. The van der Waals surface area contributed by atoms with Gasteiger partial charge in [-0.2, -0.15) is 5.10 Å². The van der Waals surface area contributed by atoms with E-state index in [2.05, 4.69) is 15.2 Å². The molecule has 0 aliphatic carbocycles. The number of sulfonamides is 1. The van der Waals surface area contributed by atoms with Crippen molar-refractivity contribution in [3.63, 3.8) is 0 Å². The first-order valence-electron chi connectivity index (χ1n) is 2.42. The average Bonchev–Trinajstić information content (AvgIpc) is 2.12. The molecule has 3 N–H and O–H groups in total. The first kappa shape index (κ1) is 7.16. The Bertz CT molecular complexity index is 288. The fourth-order valence-electron chi connectivity index (χ4n) is 0.491. The molecule has 0 amide bonds. The van der Waals surface area contributed by atoms with Crippen LogP contribution < -0.4 is 5.14 Å². The van der Waals surface area contributed by atoms with Gasteiger partial charge in [-0.15, -0.1) is 0 Å². The van der Waals surface area contributed by atoms with Gasteiger partial charge >= 0.3 is 0 Å². The maximum Gasteiger partial charge on any atom is 0.216 e. The first-order chi connectivity index (χ1) is 4.58. The van der Waals surface area contributed by atoms with Crippen molar-refractivity contribution in [2.45, 2.75) is 5.75 Å². The molecular weight excluding hydrogens is 156 g/mol. The topological polar surface area (TPSA) is 102 Å². The molecule has 10 heavy (non-hydrogen) atoms. The van der Waals surface area contributed by atoms with Gasteiger partial charge in [-0.25, -0.2) is 18.5 Å². The van der Waals surface area contributed by atoms with Crippen LogP contribution in [-0.4, -0.2) is 23.6 Å². The van der Waals surface area contributed by atoms with Gasteiger partial charge in [0.05, 0.1) is 0 Å². The number of nitrogens with two attached hydrogens (primary N) is 1. The Labute approximate surface area is 57.5 Å². The number of primary sulfonamides is 1. The molecular formula is C3H6N4O2S. The van der Waals surface area contributed by atoms with E-state index in [9.17, 15) is 8.42 Å². The van der Waals surface area contributed by atoms with E-state index in [4.69, 9.17) is 5.14 Å².